The quantitative estimate of drug-likeness (QED) is 0.464. The second kappa shape index (κ2) is 5.55. The zero-order valence-corrected chi connectivity index (χ0v) is 9.84. The van der Waals surface area contributed by atoms with Crippen molar-refractivity contribution in [1.29, 1.82) is 5.26 Å². The number of carbonyl (C=O) groups is 1. The summed E-state index contributed by atoms with van der Waals surface area (Å²) in [5.74, 6) is -0.724. The van der Waals surface area contributed by atoms with E-state index in [1.165, 1.54) is 13.2 Å². The molecule has 0 amide bonds. The molecule has 0 aliphatic rings. The molecule has 0 aliphatic heterocycles. The van der Waals surface area contributed by atoms with Gasteiger partial charge in [0.25, 0.3) is 0 Å². The molecule has 82 valence electrons. The van der Waals surface area contributed by atoms with E-state index < -0.39 is 5.97 Å². The number of halogens is 2. The summed E-state index contributed by atoms with van der Waals surface area (Å²) in [5.41, 5.74) is 0.269. The maximum Gasteiger partial charge on any atom is 0.348 e. The van der Waals surface area contributed by atoms with Crippen molar-refractivity contribution < 1.29 is 9.53 Å². The number of methoxy groups -OCH3 is 1. The summed E-state index contributed by atoms with van der Waals surface area (Å²) in [5, 5.41) is 9.50. The molecule has 1 aromatic carbocycles. The van der Waals surface area contributed by atoms with Crippen LogP contribution < -0.4 is 0 Å². The molecule has 1 aromatic rings. The summed E-state index contributed by atoms with van der Waals surface area (Å²) >= 11 is 11.8. The van der Waals surface area contributed by atoms with Crippen LogP contribution in [-0.2, 0) is 9.53 Å². The SMILES string of the molecule is COC(=O)/C(C#N)=C\c1c(Cl)cccc1Cl. The van der Waals surface area contributed by atoms with Crippen molar-refractivity contribution in [2.24, 2.45) is 0 Å². The van der Waals surface area contributed by atoms with Crippen LogP contribution in [0.1, 0.15) is 5.56 Å². The van der Waals surface area contributed by atoms with Crippen molar-refractivity contribution in [2.75, 3.05) is 7.11 Å². The first-order chi connectivity index (χ1) is 7.60. The number of nitrogens with zero attached hydrogens (tertiary/aromatic N) is 1. The van der Waals surface area contributed by atoms with E-state index in [0.717, 1.165) is 0 Å². The molecule has 0 fully saturated rings. The minimum absolute atomic E-state index is 0.155. The number of ether oxygens (including phenoxy) is 1. The lowest BCUT2D eigenvalue weighted by molar-refractivity contribution is -0.135. The van der Waals surface area contributed by atoms with Crippen LogP contribution in [-0.4, -0.2) is 13.1 Å². The normalized spacial score (nSPS) is 10.8. The molecule has 0 saturated carbocycles. The van der Waals surface area contributed by atoms with Gasteiger partial charge in [-0.25, -0.2) is 4.79 Å². The third-order valence-electron chi connectivity index (χ3n) is 1.81. The van der Waals surface area contributed by atoms with Crippen LogP contribution in [0.4, 0.5) is 0 Å². The Morgan fingerprint density at radius 2 is 2.00 bits per heavy atom. The van der Waals surface area contributed by atoms with E-state index in [9.17, 15) is 4.79 Å². The first kappa shape index (κ1) is 12.6. The molecule has 0 aliphatic carbocycles. The van der Waals surface area contributed by atoms with Crippen molar-refractivity contribution >= 4 is 35.2 Å². The Bertz CT molecular complexity index is 469. The van der Waals surface area contributed by atoms with Gasteiger partial charge in [0.15, 0.2) is 0 Å². The number of benzene rings is 1. The lowest BCUT2D eigenvalue weighted by Gasteiger charge is -2.02. The van der Waals surface area contributed by atoms with Crippen LogP contribution in [0.15, 0.2) is 23.8 Å². The van der Waals surface area contributed by atoms with Crippen LogP contribution in [0.25, 0.3) is 6.08 Å². The first-order valence-electron chi connectivity index (χ1n) is 4.24. The van der Waals surface area contributed by atoms with Gasteiger partial charge in [0.05, 0.1) is 7.11 Å². The van der Waals surface area contributed by atoms with E-state index in [1.807, 2.05) is 0 Å². The Morgan fingerprint density at radius 1 is 1.44 bits per heavy atom. The standard InChI is InChI=1S/C11H7Cl2NO2/c1-16-11(15)7(6-14)5-8-9(12)3-2-4-10(8)13/h2-5H,1H3/b7-5-. The smallest absolute Gasteiger partial charge is 0.348 e. The van der Waals surface area contributed by atoms with E-state index in [2.05, 4.69) is 4.74 Å². The molecule has 16 heavy (non-hydrogen) atoms. The lowest BCUT2D eigenvalue weighted by Crippen LogP contribution is -2.02. The van der Waals surface area contributed by atoms with E-state index in [0.29, 0.717) is 15.6 Å². The van der Waals surface area contributed by atoms with Crippen LogP contribution in [0.2, 0.25) is 10.0 Å². The van der Waals surface area contributed by atoms with Gasteiger partial charge in [-0.1, -0.05) is 29.3 Å². The summed E-state index contributed by atoms with van der Waals surface area (Å²) in [4.78, 5) is 11.2. The predicted molar refractivity (Wildman–Crippen MR) is 62.1 cm³/mol. The molecule has 5 heteroatoms. The van der Waals surface area contributed by atoms with Gasteiger partial charge < -0.3 is 4.74 Å². The largest absolute Gasteiger partial charge is 0.465 e. The van der Waals surface area contributed by atoms with Crippen molar-refractivity contribution in [3.8, 4) is 6.07 Å². The minimum Gasteiger partial charge on any atom is -0.465 e. The number of carbonyl (C=O) groups excluding carboxylic acids is 1. The lowest BCUT2D eigenvalue weighted by atomic mass is 10.1. The van der Waals surface area contributed by atoms with Gasteiger partial charge in [0, 0.05) is 15.6 Å². The average molecular weight is 256 g/mol. The number of hydrogen-bond acceptors (Lipinski definition) is 3. The van der Waals surface area contributed by atoms with Crippen molar-refractivity contribution in [1.82, 2.24) is 0 Å². The fourth-order valence-electron chi connectivity index (χ4n) is 1.04. The molecule has 0 bridgehead atoms. The number of rotatable bonds is 2. The zero-order valence-electron chi connectivity index (χ0n) is 8.33. The highest BCUT2D eigenvalue weighted by Crippen LogP contribution is 2.26. The van der Waals surface area contributed by atoms with Crippen molar-refractivity contribution in [2.45, 2.75) is 0 Å². The molecule has 0 N–H and O–H groups in total. The number of hydrogen-bond donors (Lipinski definition) is 0. The van der Waals surface area contributed by atoms with Gasteiger partial charge in [-0.3, -0.25) is 0 Å². The Morgan fingerprint density at radius 3 is 2.44 bits per heavy atom. The fourth-order valence-corrected chi connectivity index (χ4v) is 1.55. The average Bonchev–Trinajstić information content (AvgIpc) is 2.28. The molecule has 3 nitrogen and oxygen atoms in total. The molecule has 1 rings (SSSR count). The Hall–Kier alpha value is -1.50. The third kappa shape index (κ3) is 2.75. The molecular formula is C11H7Cl2NO2. The molecule has 0 heterocycles. The Balaban J connectivity index is 3.25. The molecular weight excluding hydrogens is 249 g/mol. The summed E-state index contributed by atoms with van der Waals surface area (Å²) in [6.45, 7) is 0. The highest BCUT2D eigenvalue weighted by atomic mass is 35.5. The van der Waals surface area contributed by atoms with Crippen LogP contribution in [0, 0.1) is 11.3 Å². The summed E-state index contributed by atoms with van der Waals surface area (Å²) in [7, 11) is 1.20. The van der Waals surface area contributed by atoms with Gasteiger partial charge in [0.1, 0.15) is 11.6 Å². The number of nitriles is 1. The molecule has 0 radical (unpaired) electrons. The first-order valence-corrected chi connectivity index (χ1v) is 5.00. The Kier molecular flexibility index (Phi) is 4.36. The van der Waals surface area contributed by atoms with Gasteiger partial charge in [-0.2, -0.15) is 5.26 Å². The fraction of sp³-hybridized carbons (Fsp3) is 0.0909. The van der Waals surface area contributed by atoms with E-state index >= 15 is 0 Å². The monoisotopic (exact) mass is 255 g/mol. The van der Waals surface area contributed by atoms with Crippen LogP contribution >= 0.6 is 23.2 Å². The second-order valence-corrected chi connectivity index (χ2v) is 3.61. The maximum atomic E-state index is 11.2. The predicted octanol–water partition coefficient (Wildman–Crippen LogP) is 3.07. The van der Waals surface area contributed by atoms with E-state index in [4.69, 9.17) is 28.5 Å². The minimum atomic E-state index is -0.724. The molecule has 0 atom stereocenters. The molecule has 0 saturated heterocycles. The van der Waals surface area contributed by atoms with Crippen molar-refractivity contribution in [3.05, 3.63) is 39.4 Å². The number of esters is 1. The van der Waals surface area contributed by atoms with E-state index in [-0.39, 0.29) is 5.57 Å². The van der Waals surface area contributed by atoms with Crippen LogP contribution in [0.5, 0.6) is 0 Å². The van der Waals surface area contributed by atoms with Gasteiger partial charge in [-0.15, -0.1) is 0 Å². The topological polar surface area (TPSA) is 50.1 Å². The van der Waals surface area contributed by atoms with Crippen LogP contribution in [0.3, 0.4) is 0 Å². The molecule has 0 aromatic heterocycles. The van der Waals surface area contributed by atoms with E-state index in [1.54, 1.807) is 24.3 Å². The summed E-state index contributed by atoms with van der Waals surface area (Å²) in [6.07, 6.45) is 1.30. The highest BCUT2D eigenvalue weighted by molar-refractivity contribution is 6.37. The Labute approximate surface area is 103 Å². The van der Waals surface area contributed by atoms with Gasteiger partial charge in [-0.05, 0) is 18.2 Å². The molecule has 0 unspecified atom stereocenters. The summed E-state index contributed by atoms with van der Waals surface area (Å²) < 4.78 is 4.44. The summed E-state index contributed by atoms with van der Waals surface area (Å²) in [6, 6.07) is 6.63. The zero-order chi connectivity index (χ0) is 12.1. The third-order valence-corrected chi connectivity index (χ3v) is 2.47. The van der Waals surface area contributed by atoms with Gasteiger partial charge in [0.2, 0.25) is 0 Å². The van der Waals surface area contributed by atoms with Gasteiger partial charge >= 0.3 is 5.97 Å². The van der Waals surface area contributed by atoms with Crippen molar-refractivity contribution in [3.63, 3.8) is 0 Å². The highest BCUT2D eigenvalue weighted by Gasteiger charge is 2.11. The second-order valence-electron chi connectivity index (χ2n) is 2.80. The maximum absolute atomic E-state index is 11.2. The molecule has 0 spiro atoms.